The van der Waals surface area contributed by atoms with Crippen molar-refractivity contribution in [2.75, 3.05) is 4.90 Å². The molecule has 1 aromatic heterocycles. The van der Waals surface area contributed by atoms with Crippen LogP contribution < -0.4 is 4.90 Å². The molecule has 2 nitrogen and oxygen atoms in total. The highest BCUT2D eigenvalue weighted by atomic mass is 16.3. The maximum atomic E-state index is 6.25. The van der Waals surface area contributed by atoms with Gasteiger partial charge in [-0.05, 0) is 140 Å². The first-order valence-corrected chi connectivity index (χ1v) is 21.1. The quantitative estimate of drug-likeness (QED) is 0.145. The molecule has 0 fully saturated rings. The van der Waals surface area contributed by atoms with Gasteiger partial charge in [0.25, 0.3) is 0 Å². The van der Waals surface area contributed by atoms with Gasteiger partial charge in [0.1, 0.15) is 11.2 Å². The molecule has 10 aromatic carbocycles. The molecule has 0 aliphatic carbocycles. The van der Waals surface area contributed by atoms with E-state index >= 15 is 0 Å². The molecule has 292 valence electrons. The number of hydrogen-bond acceptors (Lipinski definition) is 2. The molecule has 0 aliphatic heterocycles. The van der Waals surface area contributed by atoms with Gasteiger partial charge in [0.15, 0.2) is 0 Å². The number of rotatable bonds is 9. The van der Waals surface area contributed by atoms with E-state index < -0.39 is 0 Å². The van der Waals surface area contributed by atoms with E-state index in [9.17, 15) is 0 Å². The van der Waals surface area contributed by atoms with Crippen molar-refractivity contribution in [3.8, 4) is 66.8 Å². The SMILES string of the molecule is c1ccc(-c2ccc(-c3ccc(N(c4ccc(-c5cc(-c6ccccc6)cc(-c6ccccc6)c5)cc4)c4ccc(-c5ccc6c(c5)oc5ccccc56)cc4)cc3)cc2)cc1. The van der Waals surface area contributed by atoms with Crippen molar-refractivity contribution in [3.63, 3.8) is 0 Å². The Morgan fingerprint density at radius 1 is 0.210 bits per heavy atom. The maximum Gasteiger partial charge on any atom is 0.136 e. The van der Waals surface area contributed by atoms with Crippen LogP contribution in [0.5, 0.6) is 0 Å². The monoisotopic (exact) mass is 791 g/mol. The van der Waals surface area contributed by atoms with Gasteiger partial charge >= 0.3 is 0 Å². The Labute approximate surface area is 362 Å². The summed E-state index contributed by atoms with van der Waals surface area (Å²) in [5, 5.41) is 2.27. The van der Waals surface area contributed by atoms with E-state index in [2.05, 4.69) is 241 Å². The first kappa shape index (κ1) is 36.8. The molecule has 0 radical (unpaired) electrons. The van der Waals surface area contributed by atoms with Crippen molar-refractivity contribution >= 4 is 39.0 Å². The molecule has 0 amide bonds. The average Bonchev–Trinajstić information content (AvgIpc) is 3.74. The Bertz CT molecular complexity index is 3220. The fourth-order valence-electron chi connectivity index (χ4n) is 8.64. The highest BCUT2D eigenvalue weighted by molar-refractivity contribution is 6.06. The Morgan fingerprint density at radius 2 is 0.516 bits per heavy atom. The van der Waals surface area contributed by atoms with Crippen molar-refractivity contribution in [3.05, 3.63) is 249 Å². The predicted molar refractivity (Wildman–Crippen MR) is 261 cm³/mol. The van der Waals surface area contributed by atoms with Gasteiger partial charge < -0.3 is 9.32 Å². The van der Waals surface area contributed by atoms with Gasteiger partial charge in [-0.1, -0.05) is 176 Å². The second-order valence-electron chi connectivity index (χ2n) is 15.8. The molecule has 0 N–H and O–H groups in total. The summed E-state index contributed by atoms with van der Waals surface area (Å²) in [6, 6.07) is 89.1. The Kier molecular flexibility index (Phi) is 9.57. The molecule has 11 aromatic rings. The lowest BCUT2D eigenvalue weighted by Gasteiger charge is -2.26. The smallest absolute Gasteiger partial charge is 0.136 e. The minimum atomic E-state index is 0.898. The van der Waals surface area contributed by atoms with Gasteiger partial charge in [0, 0.05) is 27.8 Å². The van der Waals surface area contributed by atoms with Crippen LogP contribution in [-0.4, -0.2) is 0 Å². The minimum Gasteiger partial charge on any atom is -0.456 e. The summed E-state index contributed by atoms with van der Waals surface area (Å²) in [6.45, 7) is 0. The second kappa shape index (κ2) is 16.1. The molecule has 62 heavy (non-hydrogen) atoms. The highest BCUT2D eigenvalue weighted by Crippen LogP contribution is 2.40. The summed E-state index contributed by atoms with van der Waals surface area (Å²) >= 11 is 0. The lowest BCUT2D eigenvalue weighted by molar-refractivity contribution is 0.669. The van der Waals surface area contributed by atoms with Crippen molar-refractivity contribution in [1.29, 1.82) is 0 Å². The van der Waals surface area contributed by atoms with E-state index in [-0.39, 0.29) is 0 Å². The molecular weight excluding hydrogens is 751 g/mol. The largest absolute Gasteiger partial charge is 0.456 e. The first-order chi connectivity index (χ1) is 30.7. The third-order valence-electron chi connectivity index (χ3n) is 11.9. The van der Waals surface area contributed by atoms with Crippen LogP contribution in [0.3, 0.4) is 0 Å². The zero-order valence-corrected chi connectivity index (χ0v) is 34.0. The van der Waals surface area contributed by atoms with Crippen LogP contribution in [0, 0.1) is 0 Å². The summed E-state index contributed by atoms with van der Waals surface area (Å²) in [4.78, 5) is 2.34. The van der Waals surface area contributed by atoms with Gasteiger partial charge in [-0.3, -0.25) is 0 Å². The van der Waals surface area contributed by atoms with Crippen LogP contribution in [0.1, 0.15) is 0 Å². The van der Waals surface area contributed by atoms with E-state index in [4.69, 9.17) is 4.42 Å². The summed E-state index contributed by atoms with van der Waals surface area (Å²) in [5.41, 5.74) is 19.2. The lowest BCUT2D eigenvalue weighted by Crippen LogP contribution is -2.09. The zero-order valence-electron chi connectivity index (χ0n) is 34.0. The highest BCUT2D eigenvalue weighted by Gasteiger charge is 2.16. The van der Waals surface area contributed by atoms with Gasteiger partial charge in [-0.25, -0.2) is 0 Å². The molecule has 2 heteroatoms. The van der Waals surface area contributed by atoms with Gasteiger partial charge in [-0.15, -0.1) is 0 Å². The fraction of sp³-hybridized carbons (Fsp3) is 0. The molecule has 0 spiro atoms. The third-order valence-corrected chi connectivity index (χ3v) is 11.9. The number of nitrogens with zero attached hydrogens (tertiary/aromatic N) is 1. The normalized spacial score (nSPS) is 11.2. The summed E-state index contributed by atoms with van der Waals surface area (Å²) in [7, 11) is 0. The zero-order chi connectivity index (χ0) is 41.2. The van der Waals surface area contributed by atoms with Crippen LogP contribution in [0.2, 0.25) is 0 Å². The van der Waals surface area contributed by atoms with E-state index in [1.165, 1.54) is 50.1 Å². The maximum absolute atomic E-state index is 6.25. The predicted octanol–water partition coefficient (Wildman–Crippen LogP) is 17.1. The molecule has 0 saturated carbocycles. The van der Waals surface area contributed by atoms with Crippen LogP contribution in [0.15, 0.2) is 253 Å². The Morgan fingerprint density at radius 3 is 0.968 bits per heavy atom. The van der Waals surface area contributed by atoms with E-state index in [1.54, 1.807) is 0 Å². The van der Waals surface area contributed by atoms with Crippen LogP contribution in [0.4, 0.5) is 17.1 Å². The molecule has 0 atom stereocenters. The molecular formula is C60H41NO. The second-order valence-corrected chi connectivity index (χ2v) is 15.8. The van der Waals surface area contributed by atoms with Gasteiger partial charge in [0.05, 0.1) is 0 Å². The summed E-state index contributed by atoms with van der Waals surface area (Å²) in [6.07, 6.45) is 0. The lowest BCUT2D eigenvalue weighted by atomic mass is 9.93. The third kappa shape index (κ3) is 7.25. The van der Waals surface area contributed by atoms with Gasteiger partial charge in [-0.2, -0.15) is 0 Å². The number of fused-ring (bicyclic) bond motifs is 3. The van der Waals surface area contributed by atoms with E-state index in [0.29, 0.717) is 0 Å². The topological polar surface area (TPSA) is 16.4 Å². The average molecular weight is 792 g/mol. The van der Waals surface area contributed by atoms with Crippen molar-refractivity contribution < 1.29 is 4.42 Å². The minimum absolute atomic E-state index is 0.898. The van der Waals surface area contributed by atoms with Crippen LogP contribution in [0.25, 0.3) is 88.7 Å². The summed E-state index contributed by atoms with van der Waals surface area (Å²) in [5.74, 6) is 0. The van der Waals surface area contributed by atoms with E-state index in [0.717, 1.165) is 55.7 Å². The van der Waals surface area contributed by atoms with E-state index in [1.807, 2.05) is 12.1 Å². The van der Waals surface area contributed by atoms with Crippen molar-refractivity contribution in [2.24, 2.45) is 0 Å². The molecule has 0 saturated heterocycles. The summed E-state index contributed by atoms with van der Waals surface area (Å²) < 4.78 is 6.25. The van der Waals surface area contributed by atoms with Crippen LogP contribution >= 0.6 is 0 Å². The fourth-order valence-corrected chi connectivity index (χ4v) is 8.64. The standard InChI is InChI=1S/C60H41NO/c1-4-12-42(13-5-1)45-20-22-46(23-21-45)47-24-31-54(32-25-47)61(55-33-26-48(27-34-55)50-30-37-58-57-18-10-11-19-59(57)62-60(58)41-50)56-35-28-49(29-36-56)53-39-51(43-14-6-2-7-15-43)38-52(40-53)44-16-8-3-9-17-44/h1-41H. The Hall–Kier alpha value is -8.20. The molecule has 0 unspecified atom stereocenters. The van der Waals surface area contributed by atoms with Gasteiger partial charge in [0.2, 0.25) is 0 Å². The Balaban J connectivity index is 0.955. The first-order valence-electron chi connectivity index (χ1n) is 21.1. The van der Waals surface area contributed by atoms with Crippen LogP contribution in [-0.2, 0) is 0 Å². The number of benzene rings is 10. The number of furan rings is 1. The van der Waals surface area contributed by atoms with Crippen molar-refractivity contribution in [2.45, 2.75) is 0 Å². The molecule has 11 rings (SSSR count). The molecule has 1 heterocycles. The molecule has 0 bridgehead atoms. The molecule has 0 aliphatic rings. The number of hydrogen-bond donors (Lipinski definition) is 0. The number of para-hydroxylation sites is 1. The van der Waals surface area contributed by atoms with Crippen molar-refractivity contribution in [1.82, 2.24) is 0 Å². The number of anilines is 3.